The maximum atomic E-state index is 4.26. The summed E-state index contributed by atoms with van der Waals surface area (Å²) in [6, 6.07) is 2.33. The average Bonchev–Trinajstić information content (AvgIpc) is 2.25. The van der Waals surface area contributed by atoms with Gasteiger partial charge in [-0.15, -0.1) is 0 Å². The van der Waals surface area contributed by atoms with Crippen LogP contribution in [0.25, 0.3) is 0 Å². The number of aromatic nitrogens is 2. The van der Waals surface area contributed by atoms with E-state index in [2.05, 4.69) is 36.1 Å². The lowest BCUT2D eigenvalue weighted by Crippen LogP contribution is -2.36. The number of hydrogen-bond acceptors (Lipinski definition) is 3. The van der Waals surface area contributed by atoms with Crippen molar-refractivity contribution >= 4 is 0 Å². The highest BCUT2D eigenvalue weighted by Crippen LogP contribution is 2.06. The van der Waals surface area contributed by atoms with E-state index in [9.17, 15) is 0 Å². The number of nitrogens with one attached hydrogen (secondary N) is 1. The van der Waals surface area contributed by atoms with Crippen LogP contribution in [0, 0.1) is 5.92 Å². The van der Waals surface area contributed by atoms with E-state index in [1.165, 1.54) is 6.42 Å². The van der Waals surface area contributed by atoms with Crippen molar-refractivity contribution in [3.05, 3.63) is 24.3 Å². The van der Waals surface area contributed by atoms with Gasteiger partial charge in [-0.3, -0.25) is 0 Å². The third-order valence-corrected chi connectivity index (χ3v) is 2.48. The Morgan fingerprint density at radius 3 is 2.47 bits per heavy atom. The first kappa shape index (κ1) is 12.1. The molecular weight excluding hydrogens is 186 g/mol. The smallest absolute Gasteiger partial charge is 0.129 e. The van der Waals surface area contributed by atoms with Crippen LogP contribution in [-0.2, 0) is 6.42 Å². The van der Waals surface area contributed by atoms with Gasteiger partial charge in [-0.25, -0.2) is 9.97 Å². The van der Waals surface area contributed by atoms with Gasteiger partial charge in [-0.1, -0.05) is 20.8 Å². The lowest BCUT2D eigenvalue weighted by molar-refractivity contribution is 0.391. The summed E-state index contributed by atoms with van der Waals surface area (Å²) in [5.74, 6) is 1.54. The summed E-state index contributed by atoms with van der Waals surface area (Å²) in [5, 5.41) is 3.54. The van der Waals surface area contributed by atoms with E-state index in [0.29, 0.717) is 12.0 Å². The normalized spacial score (nSPS) is 13.1. The van der Waals surface area contributed by atoms with Crippen molar-refractivity contribution in [1.29, 1.82) is 0 Å². The molecule has 0 aliphatic carbocycles. The molecule has 0 radical (unpaired) electrons. The first-order valence-corrected chi connectivity index (χ1v) is 5.73. The Morgan fingerprint density at radius 1 is 1.27 bits per heavy atom. The van der Waals surface area contributed by atoms with Crippen LogP contribution in [0.1, 0.15) is 33.0 Å². The molecule has 3 heteroatoms. The van der Waals surface area contributed by atoms with E-state index in [-0.39, 0.29) is 0 Å². The molecule has 1 heterocycles. The molecule has 0 spiro atoms. The Bertz CT molecular complexity index is 259. The molecule has 1 rings (SSSR count). The Kier molecular flexibility index (Phi) is 5.26. The maximum Gasteiger partial charge on any atom is 0.129 e. The highest BCUT2D eigenvalue weighted by molar-refractivity contribution is 4.92. The van der Waals surface area contributed by atoms with Gasteiger partial charge in [0.05, 0.1) is 0 Å². The summed E-state index contributed by atoms with van der Waals surface area (Å²) in [7, 11) is 0. The number of nitrogens with zero attached hydrogens (tertiary/aromatic N) is 2. The van der Waals surface area contributed by atoms with Crippen molar-refractivity contribution in [2.75, 3.05) is 6.54 Å². The van der Waals surface area contributed by atoms with Gasteiger partial charge in [0, 0.05) is 24.9 Å². The number of hydrogen-bond donors (Lipinski definition) is 1. The van der Waals surface area contributed by atoms with Crippen molar-refractivity contribution in [1.82, 2.24) is 15.3 Å². The zero-order valence-corrected chi connectivity index (χ0v) is 9.90. The summed E-state index contributed by atoms with van der Waals surface area (Å²) >= 11 is 0. The molecule has 1 atom stereocenters. The predicted molar refractivity (Wildman–Crippen MR) is 62.7 cm³/mol. The molecule has 1 aromatic rings. The van der Waals surface area contributed by atoms with Crippen molar-refractivity contribution < 1.29 is 0 Å². The minimum Gasteiger partial charge on any atom is -0.313 e. The van der Waals surface area contributed by atoms with Crippen LogP contribution in [0.5, 0.6) is 0 Å². The van der Waals surface area contributed by atoms with Crippen LogP contribution in [0.3, 0.4) is 0 Å². The summed E-state index contributed by atoms with van der Waals surface area (Å²) in [6.45, 7) is 7.71. The zero-order valence-electron chi connectivity index (χ0n) is 9.90. The zero-order chi connectivity index (χ0) is 11.1. The molecule has 0 saturated heterocycles. The Balaban J connectivity index is 2.51. The Labute approximate surface area is 92.3 Å². The number of rotatable bonds is 6. The Hall–Kier alpha value is -0.960. The molecule has 0 bridgehead atoms. The van der Waals surface area contributed by atoms with E-state index in [4.69, 9.17) is 0 Å². The van der Waals surface area contributed by atoms with Crippen LogP contribution < -0.4 is 5.32 Å². The molecule has 0 aliphatic rings. The monoisotopic (exact) mass is 207 g/mol. The van der Waals surface area contributed by atoms with E-state index in [1.807, 2.05) is 6.07 Å². The third-order valence-electron chi connectivity index (χ3n) is 2.48. The highest BCUT2D eigenvalue weighted by Gasteiger charge is 2.13. The fraction of sp³-hybridized carbons (Fsp3) is 0.667. The second kappa shape index (κ2) is 6.51. The summed E-state index contributed by atoms with van der Waals surface area (Å²) in [5.41, 5.74) is 0. The molecule has 15 heavy (non-hydrogen) atoms. The standard InChI is InChI=1S/C12H21N3/c1-4-6-13-11(10(2)3)9-12-14-7-5-8-15-12/h5,7-8,10-11,13H,4,6,9H2,1-3H3. The van der Waals surface area contributed by atoms with Gasteiger partial charge >= 0.3 is 0 Å². The highest BCUT2D eigenvalue weighted by atomic mass is 14.9. The van der Waals surface area contributed by atoms with Crippen LogP contribution in [0.15, 0.2) is 18.5 Å². The lowest BCUT2D eigenvalue weighted by Gasteiger charge is -2.21. The van der Waals surface area contributed by atoms with E-state index >= 15 is 0 Å². The molecule has 0 fully saturated rings. The fourth-order valence-corrected chi connectivity index (χ4v) is 1.51. The summed E-state index contributed by atoms with van der Waals surface area (Å²) < 4.78 is 0. The average molecular weight is 207 g/mol. The Morgan fingerprint density at radius 2 is 1.93 bits per heavy atom. The summed E-state index contributed by atoms with van der Waals surface area (Å²) in [6.07, 6.45) is 5.69. The van der Waals surface area contributed by atoms with E-state index in [1.54, 1.807) is 12.4 Å². The largest absolute Gasteiger partial charge is 0.313 e. The molecule has 0 saturated carbocycles. The van der Waals surface area contributed by atoms with Gasteiger partial charge < -0.3 is 5.32 Å². The van der Waals surface area contributed by atoms with Crippen LogP contribution in [0.2, 0.25) is 0 Å². The van der Waals surface area contributed by atoms with Crippen molar-refractivity contribution in [3.63, 3.8) is 0 Å². The van der Waals surface area contributed by atoms with Gasteiger partial charge in [0.1, 0.15) is 5.82 Å². The fourth-order valence-electron chi connectivity index (χ4n) is 1.51. The van der Waals surface area contributed by atoms with Crippen molar-refractivity contribution in [2.24, 2.45) is 5.92 Å². The van der Waals surface area contributed by atoms with Gasteiger partial charge in [0.15, 0.2) is 0 Å². The van der Waals surface area contributed by atoms with E-state index in [0.717, 1.165) is 18.8 Å². The second-order valence-corrected chi connectivity index (χ2v) is 4.17. The molecule has 84 valence electrons. The molecule has 0 amide bonds. The molecule has 0 aromatic carbocycles. The molecule has 1 unspecified atom stereocenters. The van der Waals surface area contributed by atoms with Crippen LogP contribution in [0.4, 0.5) is 0 Å². The first-order chi connectivity index (χ1) is 7.24. The summed E-state index contributed by atoms with van der Waals surface area (Å²) in [4.78, 5) is 8.52. The molecule has 1 N–H and O–H groups in total. The lowest BCUT2D eigenvalue weighted by atomic mass is 10.0. The van der Waals surface area contributed by atoms with Gasteiger partial charge in [0.25, 0.3) is 0 Å². The third kappa shape index (κ3) is 4.38. The molecule has 1 aromatic heterocycles. The topological polar surface area (TPSA) is 37.8 Å². The minimum absolute atomic E-state index is 0.479. The molecule has 3 nitrogen and oxygen atoms in total. The van der Waals surface area contributed by atoms with Crippen LogP contribution >= 0.6 is 0 Å². The van der Waals surface area contributed by atoms with Crippen LogP contribution in [-0.4, -0.2) is 22.6 Å². The quantitative estimate of drug-likeness (QED) is 0.775. The maximum absolute atomic E-state index is 4.26. The SMILES string of the molecule is CCCNC(Cc1ncccn1)C(C)C. The second-order valence-electron chi connectivity index (χ2n) is 4.17. The van der Waals surface area contributed by atoms with Crippen molar-refractivity contribution in [3.8, 4) is 0 Å². The van der Waals surface area contributed by atoms with Crippen molar-refractivity contribution in [2.45, 2.75) is 39.7 Å². The molecular formula is C12H21N3. The van der Waals surface area contributed by atoms with Gasteiger partial charge in [-0.05, 0) is 24.9 Å². The van der Waals surface area contributed by atoms with E-state index < -0.39 is 0 Å². The van der Waals surface area contributed by atoms with Gasteiger partial charge in [-0.2, -0.15) is 0 Å². The minimum atomic E-state index is 0.479. The van der Waals surface area contributed by atoms with Gasteiger partial charge in [0.2, 0.25) is 0 Å². The molecule has 0 aliphatic heterocycles. The first-order valence-electron chi connectivity index (χ1n) is 5.73. The predicted octanol–water partition coefficient (Wildman–Crippen LogP) is 2.04.